The fraction of sp³-hybridized carbons (Fsp3) is 0. The average molecular weight is 503 g/mol. The van der Waals surface area contributed by atoms with E-state index in [9.17, 15) is 0 Å². The highest BCUT2D eigenvalue weighted by Gasteiger charge is 2.17. The lowest BCUT2D eigenvalue weighted by molar-refractivity contribution is 0.463. The second kappa shape index (κ2) is 8.57. The van der Waals surface area contributed by atoms with Gasteiger partial charge in [0.25, 0.3) is 0 Å². The van der Waals surface area contributed by atoms with Crippen LogP contribution in [-0.2, 0) is 0 Å². The standard InChI is InChI=1S/C34H22N4O/c1-3-11-29-25(9-1)28-18-16-24(39-34-14-6-8-20-36-34)22-32(28)37(29)23-15-17-27-26-10-2-4-12-30(26)38(31(27)21-23)33-13-5-7-19-35-33/h1-22H. The molecule has 5 heteroatoms. The number of aromatic nitrogens is 4. The van der Waals surface area contributed by atoms with Crippen molar-refractivity contribution < 1.29 is 4.74 Å². The Morgan fingerprint density at radius 3 is 1.79 bits per heavy atom. The van der Waals surface area contributed by atoms with Gasteiger partial charge in [-0.1, -0.05) is 54.6 Å². The molecule has 0 N–H and O–H groups in total. The van der Waals surface area contributed by atoms with E-state index in [1.54, 1.807) is 6.20 Å². The molecule has 4 aromatic heterocycles. The van der Waals surface area contributed by atoms with Gasteiger partial charge in [0.2, 0.25) is 5.88 Å². The first-order valence-electron chi connectivity index (χ1n) is 12.9. The third kappa shape index (κ3) is 3.41. The summed E-state index contributed by atoms with van der Waals surface area (Å²) < 4.78 is 10.7. The molecule has 0 radical (unpaired) electrons. The van der Waals surface area contributed by atoms with Crippen molar-refractivity contribution in [3.05, 3.63) is 134 Å². The van der Waals surface area contributed by atoms with Crippen molar-refractivity contribution in [1.29, 1.82) is 0 Å². The minimum Gasteiger partial charge on any atom is -0.439 e. The first kappa shape index (κ1) is 21.6. The molecule has 0 aliphatic rings. The molecule has 8 rings (SSSR count). The lowest BCUT2D eigenvalue weighted by Crippen LogP contribution is -1.98. The molecule has 0 fully saturated rings. The fourth-order valence-corrected chi connectivity index (χ4v) is 5.65. The van der Waals surface area contributed by atoms with Crippen LogP contribution in [0.5, 0.6) is 11.6 Å². The number of para-hydroxylation sites is 2. The highest BCUT2D eigenvalue weighted by atomic mass is 16.5. The summed E-state index contributed by atoms with van der Waals surface area (Å²) in [5.41, 5.74) is 5.53. The molecule has 184 valence electrons. The van der Waals surface area contributed by atoms with Gasteiger partial charge in [-0.3, -0.25) is 4.57 Å². The molecule has 0 bridgehead atoms. The van der Waals surface area contributed by atoms with Crippen LogP contribution in [0.2, 0.25) is 0 Å². The van der Waals surface area contributed by atoms with E-state index < -0.39 is 0 Å². The molecule has 0 aliphatic heterocycles. The van der Waals surface area contributed by atoms with Crippen LogP contribution in [0.4, 0.5) is 0 Å². The summed E-state index contributed by atoms with van der Waals surface area (Å²) in [5, 5.41) is 4.77. The van der Waals surface area contributed by atoms with Crippen molar-refractivity contribution in [2.45, 2.75) is 0 Å². The molecule has 4 heterocycles. The number of nitrogens with zero attached hydrogens (tertiary/aromatic N) is 4. The smallest absolute Gasteiger partial charge is 0.219 e. The minimum atomic E-state index is 0.570. The zero-order valence-corrected chi connectivity index (χ0v) is 20.9. The van der Waals surface area contributed by atoms with Crippen molar-refractivity contribution in [2.75, 3.05) is 0 Å². The van der Waals surface area contributed by atoms with Crippen molar-refractivity contribution in [3.8, 4) is 23.1 Å². The number of benzene rings is 4. The topological polar surface area (TPSA) is 44.9 Å². The van der Waals surface area contributed by atoms with E-state index in [2.05, 4.69) is 99.0 Å². The molecule has 4 aromatic carbocycles. The van der Waals surface area contributed by atoms with Crippen molar-refractivity contribution in [3.63, 3.8) is 0 Å². The number of fused-ring (bicyclic) bond motifs is 6. The van der Waals surface area contributed by atoms with Gasteiger partial charge in [-0.05, 0) is 54.6 Å². The highest BCUT2D eigenvalue weighted by Crippen LogP contribution is 2.37. The monoisotopic (exact) mass is 502 g/mol. The zero-order valence-electron chi connectivity index (χ0n) is 20.9. The molecular weight excluding hydrogens is 480 g/mol. The fourth-order valence-electron chi connectivity index (χ4n) is 5.65. The molecule has 0 aliphatic carbocycles. The van der Waals surface area contributed by atoms with Gasteiger partial charge in [-0.25, -0.2) is 9.97 Å². The number of rotatable bonds is 4. The normalized spacial score (nSPS) is 11.6. The summed E-state index contributed by atoms with van der Waals surface area (Å²) in [6.07, 6.45) is 3.58. The van der Waals surface area contributed by atoms with Crippen molar-refractivity contribution >= 4 is 43.6 Å². The third-order valence-electron chi connectivity index (χ3n) is 7.30. The molecular formula is C34H22N4O. The molecule has 0 amide bonds. The van der Waals surface area contributed by atoms with Crippen LogP contribution in [0.25, 0.3) is 55.1 Å². The summed E-state index contributed by atoms with van der Waals surface area (Å²) in [5.74, 6) is 2.21. The van der Waals surface area contributed by atoms with E-state index in [1.165, 1.54) is 21.5 Å². The van der Waals surface area contributed by atoms with Crippen LogP contribution in [0.3, 0.4) is 0 Å². The van der Waals surface area contributed by atoms with Crippen LogP contribution in [-0.4, -0.2) is 19.1 Å². The van der Waals surface area contributed by atoms with Gasteiger partial charge >= 0.3 is 0 Å². The van der Waals surface area contributed by atoms with Gasteiger partial charge in [0.15, 0.2) is 0 Å². The Hall–Kier alpha value is -5.42. The summed E-state index contributed by atoms with van der Waals surface area (Å²) in [7, 11) is 0. The second-order valence-corrected chi connectivity index (χ2v) is 9.54. The van der Waals surface area contributed by atoms with E-state index >= 15 is 0 Å². The average Bonchev–Trinajstić information content (AvgIpc) is 3.50. The number of hydrogen-bond acceptors (Lipinski definition) is 3. The number of hydrogen-bond donors (Lipinski definition) is 0. The Kier molecular flexibility index (Phi) is 4.76. The second-order valence-electron chi connectivity index (χ2n) is 9.54. The summed E-state index contributed by atoms with van der Waals surface area (Å²) in [6, 6.07) is 41.7. The van der Waals surface area contributed by atoms with Gasteiger partial charge in [0.1, 0.15) is 11.6 Å². The summed E-state index contributed by atoms with van der Waals surface area (Å²) in [6.45, 7) is 0. The van der Waals surface area contributed by atoms with Gasteiger partial charge in [-0.2, -0.15) is 0 Å². The SMILES string of the molecule is c1ccc(Oc2ccc3c4ccccc4n(-c4ccc5c6ccccc6n(-c6ccccn6)c5c4)c3c2)nc1. The first-order valence-corrected chi connectivity index (χ1v) is 12.9. The maximum atomic E-state index is 6.12. The van der Waals surface area contributed by atoms with Gasteiger partial charge in [0, 0.05) is 51.8 Å². The molecule has 0 unspecified atom stereocenters. The molecule has 39 heavy (non-hydrogen) atoms. The van der Waals surface area contributed by atoms with E-state index in [1.807, 2.05) is 42.6 Å². The Morgan fingerprint density at radius 2 is 1.08 bits per heavy atom. The Labute approximate surface area is 224 Å². The van der Waals surface area contributed by atoms with Gasteiger partial charge in [0.05, 0.1) is 22.1 Å². The largest absolute Gasteiger partial charge is 0.439 e. The maximum Gasteiger partial charge on any atom is 0.219 e. The maximum absolute atomic E-state index is 6.12. The summed E-state index contributed by atoms with van der Waals surface area (Å²) in [4.78, 5) is 9.03. The van der Waals surface area contributed by atoms with Crippen molar-refractivity contribution in [1.82, 2.24) is 19.1 Å². The Balaban J connectivity index is 1.41. The molecule has 5 nitrogen and oxygen atoms in total. The van der Waals surface area contributed by atoms with Crippen LogP contribution >= 0.6 is 0 Å². The first-order chi connectivity index (χ1) is 19.3. The molecule has 8 aromatic rings. The van der Waals surface area contributed by atoms with E-state index in [-0.39, 0.29) is 0 Å². The Morgan fingerprint density at radius 1 is 0.462 bits per heavy atom. The Bertz CT molecular complexity index is 2140. The molecule has 0 saturated heterocycles. The van der Waals surface area contributed by atoms with E-state index in [0.717, 1.165) is 39.3 Å². The van der Waals surface area contributed by atoms with Crippen molar-refractivity contribution in [2.24, 2.45) is 0 Å². The third-order valence-corrected chi connectivity index (χ3v) is 7.30. The minimum absolute atomic E-state index is 0.570. The van der Waals surface area contributed by atoms with Crippen LogP contribution < -0.4 is 4.74 Å². The molecule has 0 saturated carbocycles. The van der Waals surface area contributed by atoms with Crippen LogP contribution in [0.1, 0.15) is 0 Å². The number of ether oxygens (including phenoxy) is 1. The van der Waals surface area contributed by atoms with E-state index in [4.69, 9.17) is 9.72 Å². The number of pyridine rings is 2. The van der Waals surface area contributed by atoms with Crippen LogP contribution in [0, 0.1) is 0 Å². The highest BCUT2D eigenvalue weighted by molar-refractivity contribution is 6.12. The summed E-state index contributed by atoms with van der Waals surface area (Å²) >= 11 is 0. The predicted molar refractivity (Wildman–Crippen MR) is 157 cm³/mol. The lowest BCUT2D eigenvalue weighted by atomic mass is 10.1. The quantitative estimate of drug-likeness (QED) is 0.242. The molecule has 0 atom stereocenters. The lowest BCUT2D eigenvalue weighted by Gasteiger charge is -2.11. The molecule has 0 spiro atoms. The van der Waals surface area contributed by atoms with E-state index in [0.29, 0.717) is 5.88 Å². The van der Waals surface area contributed by atoms with Crippen LogP contribution in [0.15, 0.2) is 134 Å². The van der Waals surface area contributed by atoms with Gasteiger partial charge < -0.3 is 9.30 Å². The zero-order chi connectivity index (χ0) is 25.8. The van der Waals surface area contributed by atoms with Gasteiger partial charge in [-0.15, -0.1) is 0 Å². The predicted octanol–water partition coefficient (Wildman–Crippen LogP) is 8.46.